The summed E-state index contributed by atoms with van der Waals surface area (Å²) in [6, 6.07) is 12.9. The third kappa shape index (κ3) is 4.22. The summed E-state index contributed by atoms with van der Waals surface area (Å²) in [6.45, 7) is 6.29. The van der Waals surface area contributed by atoms with Crippen LogP contribution in [0.5, 0.6) is 0 Å². The Morgan fingerprint density at radius 1 is 1.09 bits per heavy atom. The number of aromatic nitrogens is 4. The normalized spacial score (nSPS) is 16.7. The average molecular weight is 491 g/mol. The van der Waals surface area contributed by atoms with Gasteiger partial charge in [-0.05, 0) is 62.6 Å². The van der Waals surface area contributed by atoms with Gasteiger partial charge in [0.2, 0.25) is 0 Å². The van der Waals surface area contributed by atoms with Crippen LogP contribution in [0, 0.1) is 28.5 Å². The van der Waals surface area contributed by atoms with Crippen LogP contribution in [-0.2, 0) is 13.1 Å². The molecule has 1 aromatic carbocycles. The van der Waals surface area contributed by atoms with Crippen molar-refractivity contribution in [1.29, 1.82) is 10.5 Å². The van der Waals surface area contributed by atoms with Crippen molar-refractivity contribution >= 4 is 17.4 Å². The highest BCUT2D eigenvalue weighted by Gasteiger charge is 2.34. The number of rotatable bonds is 3. The van der Waals surface area contributed by atoms with Crippen molar-refractivity contribution in [2.75, 3.05) is 18.0 Å². The van der Waals surface area contributed by atoms with E-state index in [1.807, 2.05) is 38.1 Å². The van der Waals surface area contributed by atoms with E-state index in [0.29, 0.717) is 37.0 Å². The number of benzene rings is 1. The molecule has 0 unspecified atom stereocenters. The molecule has 3 aromatic rings. The van der Waals surface area contributed by atoms with E-state index in [4.69, 9.17) is 16.9 Å². The van der Waals surface area contributed by atoms with Gasteiger partial charge in [0.1, 0.15) is 23.3 Å². The van der Waals surface area contributed by atoms with Crippen LogP contribution in [0.15, 0.2) is 30.3 Å². The molecule has 0 radical (unpaired) electrons. The number of fused-ring (bicyclic) bond motifs is 3. The molecule has 0 spiro atoms. The van der Waals surface area contributed by atoms with E-state index in [1.165, 1.54) is 6.07 Å². The molecular weight excluding hydrogens is 467 g/mol. The summed E-state index contributed by atoms with van der Waals surface area (Å²) in [6.07, 6.45) is 1.63. The molecular formula is C25H24ClFN8. The van der Waals surface area contributed by atoms with Crippen molar-refractivity contribution in [3.63, 3.8) is 0 Å². The van der Waals surface area contributed by atoms with Gasteiger partial charge in [-0.25, -0.2) is 9.37 Å². The lowest BCUT2D eigenvalue weighted by molar-refractivity contribution is 0.147. The molecule has 2 aliphatic rings. The van der Waals surface area contributed by atoms with Gasteiger partial charge in [0.25, 0.3) is 0 Å². The molecule has 1 fully saturated rings. The number of halogens is 2. The molecule has 1 saturated heterocycles. The minimum absolute atomic E-state index is 0.169. The molecule has 5 rings (SSSR count). The third-order valence-electron chi connectivity index (χ3n) is 6.92. The summed E-state index contributed by atoms with van der Waals surface area (Å²) < 4.78 is 15.8. The van der Waals surface area contributed by atoms with Crippen LogP contribution in [0.25, 0.3) is 5.69 Å². The fraction of sp³-hybridized carbons (Fsp3) is 0.400. The van der Waals surface area contributed by atoms with E-state index < -0.39 is 11.4 Å². The minimum atomic E-state index is -0.684. The van der Waals surface area contributed by atoms with Gasteiger partial charge in [0, 0.05) is 30.6 Å². The molecule has 0 atom stereocenters. The van der Waals surface area contributed by atoms with Gasteiger partial charge in [-0.3, -0.25) is 9.47 Å². The molecule has 0 bridgehead atoms. The van der Waals surface area contributed by atoms with Gasteiger partial charge in [-0.1, -0.05) is 11.6 Å². The number of nitrogens with zero attached hydrogens (tertiary/aromatic N) is 8. The third-order valence-corrected chi connectivity index (χ3v) is 7.15. The second-order valence-corrected chi connectivity index (χ2v) is 9.92. The first-order valence-corrected chi connectivity index (χ1v) is 11.9. The fourth-order valence-electron chi connectivity index (χ4n) is 4.81. The van der Waals surface area contributed by atoms with Crippen LogP contribution in [0.3, 0.4) is 0 Å². The quantitative estimate of drug-likeness (QED) is 0.539. The number of nitriles is 2. The summed E-state index contributed by atoms with van der Waals surface area (Å²) >= 11 is 6.34. The van der Waals surface area contributed by atoms with Crippen LogP contribution in [0.4, 0.5) is 10.2 Å². The van der Waals surface area contributed by atoms with Gasteiger partial charge in [0.15, 0.2) is 17.3 Å². The van der Waals surface area contributed by atoms with Gasteiger partial charge >= 0.3 is 0 Å². The molecule has 0 N–H and O–H groups in total. The van der Waals surface area contributed by atoms with Crippen molar-refractivity contribution in [2.24, 2.45) is 0 Å². The Balaban J connectivity index is 1.45. The van der Waals surface area contributed by atoms with Crippen LogP contribution in [-0.4, -0.2) is 43.3 Å². The molecule has 0 amide bonds. The van der Waals surface area contributed by atoms with Crippen molar-refractivity contribution < 1.29 is 4.39 Å². The number of anilines is 1. The SMILES string of the molecule is CC(C)(C#N)N1Cc2cc(Cl)ccc2-n2c(nnc2C2CCN(c3ccc(F)c(C#N)n3)CC2)C1. The van der Waals surface area contributed by atoms with Crippen molar-refractivity contribution in [3.05, 3.63) is 64.1 Å². The molecule has 178 valence electrons. The standard InChI is InChI=1S/C25H24ClFN8/c1-25(2,15-29)34-13-17-11-18(26)3-5-21(17)35-23(14-34)31-32-24(35)16-7-9-33(10-8-16)22-6-4-19(27)20(12-28)30-22/h3-6,11,16H,7-10,13-14H2,1-2H3. The maximum absolute atomic E-state index is 13.7. The maximum atomic E-state index is 13.7. The second-order valence-electron chi connectivity index (χ2n) is 9.48. The predicted molar refractivity (Wildman–Crippen MR) is 128 cm³/mol. The topological polar surface area (TPSA) is 97.7 Å². The Morgan fingerprint density at radius 3 is 2.57 bits per heavy atom. The Kier molecular flexibility index (Phi) is 5.92. The Bertz CT molecular complexity index is 1360. The molecule has 8 nitrogen and oxygen atoms in total. The number of pyridine rings is 1. The zero-order valence-corrected chi connectivity index (χ0v) is 20.3. The maximum Gasteiger partial charge on any atom is 0.178 e. The smallest absolute Gasteiger partial charge is 0.178 e. The predicted octanol–water partition coefficient (Wildman–Crippen LogP) is 4.33. The van der Waals surface area contributed by atoms with Crippen molar-refractivity contribution in [2.45, 2.75) is 51.2 Å². The highest BCUT2D eigenvalue weighted by molar-refractivity contribution is 6.30. The van der Waals surface area contributed by atoms with Crippen molar-refractivity contribution in [3.8, 4) is 17.8 Å². The lowest BCUT2D eigenvalue weighted by Gasteiger charge is -2.32. The Labute approximate surface area is 208 Å². The highest BCUT2D eigenvalue weighted by Crippen LogP contribution is 2.35. The largest absolute Gasteiger partial charge is 0.357 e. The van der Waals surface area contributed by atoms with Crippen molar-refractivity contribution in [1.82, 2.24) is 24.6 Å². The van der Waals surface area contributed by atoms with E-state index in [9.17, 15) is 9.65 Å². The lowest BCUT2D eigenvalue weighted by atomic mass is 9.95. The van der Waals surface area contributed by atoms with Crippen LogP contribution >= 0.6 is 11.6 Å². The second kappa shape index (κ2) is 8.92. The van der Waals surface area contributed by atoms with E-state index in [-0.39, 0.29) is 11.6 Å². The first-order valence-electron chi connectivity index (χ1n) is 11.5. The van der Waals surface area contributed by atoms with E-state index >= 15 is 0 Å². The fourth-order valence-corrected chi connectivity index (χ4v) is 5.00. The average Bonchev–Trinajstić information content (AvgIpc) is 3.20. The van der Waals surface area contributed by atoms with E-state index in [1.54, 1.807) is 6.07 Å². The summed E-state index contributed by atoms with van der Waals surface area (Å²) in [4.78, 5) is 8.34. The minimum Gasteiger partial charge on any atom is -0.357 e. The van der Waals surface area contributed by atoms with Crippen LogP contribution in [0.1, 0.15) is 55.5 Å². The summed E-state index contributed by atoms with van der Waals surface area (Å²) in [5.74, 6) is 1.86. The molecule has 0 aliphatic carbocycles. The van der Waals surface area contributed by atoms with Gasteiger partial charge in [-0.2, -0.15) is 10.5 Å². The van der Waals surface area contributed by atoms with E-state index in [2.05, 4.69) is 35.6 Å². The van der Waals surface area contributed by atoms with Gasteiger partial charge < -0.3 is 4.90 Å². The molecule has 4 heterocycles. The number of piperidine rings is 1. The zero-order valence-electron chi connectivity index (χ0n) is 19.5. The first kappa shape index (κ1) is 23.2. The Morgan fingerprint density at radius 2 is 1.86 bits per heavy atom. The van der Waals surface area contributed by atoms with Crippen LogP contribution in [0.2, 0.25) is 5.02 Å². The van der Waals surface area contributed by atoms with E-state index in [0.717, 1.165) is 35.7 Å². The number of hydrogen-bond acceptors (Lipinski definition) is 7. The summed E-state index contributed by atoms with van der Waals surface area (Å²) in [5.41, 5.74) is 1.14. The number of hydrogen-bond donors (Lipinski definition) is 0. The highest BCUT2D eigenvalue weighted by atomic mass is 35.5. The molecule has 35 heavy (non-hydrogen) atoms. The Hall–Kier alpha value is -3.53. The van der Waals surface area contributed by atoms with Gasteiger partial charge in [-0.15, -0.1) is 10.2 Å². The van der Waals surface area contributed by atoms with Gasteiger partial charge in [0.05, 0.1) is 18.3 Å². The van der Waals surface area contributed by atoms with Crippen LogP contribution < -0.4 is 4.90 Å². The summed E-state index contributed by atoms with van der Waals surface area (Å²) in [7, 11) is 0. The molecule has 2 aliphatic heterocycles. The summed E-state index contributed by atoms with van der Waals surface area (Å²) in [5, 5.41) is 28.7. The lowest BCUT2D eigenvalue weighted by Crippen LogP contribution is -2.41. The monoisotopic (exact) mass is 490 g/mol. The zero-order chi connectivity index (χ0) is 24.7. The first-order chi connectivity index (χ1) is 16.8. The molecule has 10 heteroatoms. The molecule has 2 aromatic heterocycles. The molecule has 0 saturated carbocycles.